The van der Waals surface area contributed by atoms with Crippen molar-refractivity contribution < 1.29 is 9.90 Å². The normalized spacial score (nSPS) is 11.3. The standard InChI is InChI=1S/C14H17N3O2/c1-14(2,9-18)16-13(19)11-3-5-12(6-4-11)17-8-7-15-10-17/h3-8,10,18H,9H2,1-2H3,(H,16,19). The maximum absolute atomic E-state index is 12.0. The second kappa shape index (κ2) is 5.24. The molecule has 19 heavy (non-hydrogen) atoms. The molecular weight excluding hydrogens is 242 g/mol. The van der Waals surface area contributed by atoms with Gasteiger partial charge >= 0.3 is 0 Å². The van der Waals surface area contributed by atoms with E-state index in [1.54, 1.807) is 38.5 Å². The number of nitrogens with zero attached hydrogens (tertiary/aromatic N) is 2. The monoisotopic (exact) mass is 259 g/mol. The smallest absolute Gasteiger partial charge is 0.251 e. The first-order valence-corrected chi connectivity index (χ1v) is 6.04. The molecule has 0 aliphatic carbocycles. The molecule has 0 aliphatic rings. The third-order valence-electron chi connectivity index (χ3n) is 2.78. The molecule has 0 saturated carbocycles. The van der Waals surface area contributed by atoms with E-state index in [1.165, 1.54) is 0 Å². The van der Waals surface area contributed by atoms with Crippen LogP contribution in [0.15, 0.2) is 43.0 Å². The Bertz CT molecular complexity index is 545. The first kappa shape index (κ1) is 13.3. The molecule has 0 aliphatic heterocycles. The van der Waals surface area contributed by atoms with Crippen molar-refractivity contribution in [2.24, 2.45) is 0 Å². The minimum atomic E-state index is -0.625. The third kappa shape index (κ3) is 3.20. The van der Waals surface area contributed by atoms with E-state index in [4.69, 9.17) is 5.11 Å². The van der Waals surface area contributed by atoms with Gasteiger partial charge in [0, 0.05) is 23.6 Å². The number of carbonyl (C=O) groups is 1. The van der Waals surface area contributed by atoms with Crippen LogP contribution in [-0.2, 0) is 0 Å². The average molecular weight is 259 g/mol. The molecule has 0 spiro atoms. The molecule has 1 aromatic heterocycles. The molecule has 0 bridgehead atoms. The van der Waals surface area contributed by atoms with Gasteiger partial charge in [0.05, 0.1) is 18.5 Å². The van der Waals surface area contributed by atoms with E-state index in [2.05, 4.69) is 10.3 Å². The summed E-state index contributed by atoms with van der Waals surface area (Å²) in [6, 6.07) is 7.20. The van der Waals surface area contributed by atoms with Gasteiger partial charge in [-0.3, -0.25) is 4.79 Å². The van der Waals surface area contributed by atoms with E-state index in [-0.39, 0.29) is 12.5 Å². The zero-order valence-corrected chi connectivity index (χ0v) is 11.0. The fourth-order valence-corrected chi connectivity index (χ4v) is 1.62. The van der Waals surface area contributed by atoms with Crippen LogP contribution in [0.5, 0.6) is 0 Å². The molecule has 2 N–H and O–H groups in total. The summed E-state index contributed by atoms with van der Waals surface area (Å²) in [5, 5.41) is 11.9. The Morgan fingerprint density at radius 3 is 2.58 bits per heavy atom. The van der Waals surface area contributed by atoms with E-state index >= 15 is 0 Å². The molecule has 0 atom stereocenters. The molecule has 0 unspecified atom stereocenters. The van der Waals surface area contributed by atoms with E-state index in [9.17, 15) is 4.79 Å². The minimum Gasteiger partial charge on any atom is -0.394 e. The molecular formula is C14H17N3O2. The molecule has 0 saturated heterocycles. The van der Waals surface area contributed by atoms with E-state index in [0.29, 0.717) is 5.56 Å². The molecule has 5 heteroatoms. The Hall–Kier alpha value is -2.14. The van der Waals surface area contributed by atoms with Crippen molar-refractivity contribution in [1.29, 1.82) is 0 Å². The summed E-state index contributed by atoms with van der Waals surface area (Å²) in [6.45, 7) is 3.43. The summed E-state index contributed by atoms with van der Waals surface area (Å²) in [5.41, 5.74) is 0.876. The van der Waals surface area contributed by atoms with Crippen molar-refractivity contribution in [2.45, 2.75) is 19.4 Å². The SMILES string of the molecule is CC(C)(CO)NC(=O)c1ccc(-n2ccnc2)cc1. The lowest BCUT2D eigenvalue weighted by atomic mass is 10.1. The number of nitrogens with one attached hydrogen (secondary N) is 1. The van der Waals surface area contributed by atoms with Crippen LogP contribution in [0.25, 0.3) is 5.69 Å². The number of rotatable bonds is 4. The Balaban J connectivity index is 2.13. The summed E-state index contributed by atoms with van der Waals surface area (Å²) in [5.74, 6) is -0.198. The maximum atomic E-state index is 12.0. The fraction of sp³-hybridized carbons (Fsp3) is 0.286. The Kier molecular flexibility index (Phi) is 3.66. The van der Waals surface area contributed by atoms with Crippen LogP contribution in [-0.4, -0.2) is 32.7 Å². The van der Waals surface area contributed by atoms with Crippen molar-refractivity contribution in [3.05, 3.63) is 48.5 Å². The van der Waals surface area contributed by atoms with Crippen molar-refractivity contribution >= 4 is 5.91 Å². The van der Waals surface area contributed by atoms with Gasteiger partial charge in [-0.1, -0.05) is 0 Å². The van der Waals surface area contributed by atoms with Crippen LogP contribution in [0.1, 0.15) is 24.2 Å². The zero-order valence-electron chi connectivity index (χ0n) is 11.0. The molecule has 2 rings (SSSR count). The maximum Gasteiger partial charge on any atom is 0.251 e. The van der Waals surface area contributed by atoms with Crippen molar-refractivity contribution in [3.8, 4) is 5.69 Å². The van der Waals surface area contributed by atoms with Crippen LogP contribution in [0.2, 0.25) is 0 Å². The molecule has 0 radical (unpaired) electrons. The minimum absolute atomic E-state index is 0.105. The van der Waals surface area contributed by atoms with Gasteiger partial charge in [-0.15, -0.1) is 0 Å². The highest BCUT2D eigenvalue weighted by Gasteiger charge is 2.19. The number of benzene rings is 1. The summed E-state index contributed by atoms with van der Waals surface area (Å²) in [4.78, 5) is 15.9. The Labute approximate surface area is 111 Å². The molecule has 1 amide bonds. The van der Waals surface area contributed by atoms with Gasteiger partial charge < -0.3 is 15.0 Å². The lowest BCUT2D eigenvalue weighted by molar-refractivity contribution is 0.0869. The second-order valence-corrected chi connectivity index (χ2v) is 5.01. The number of aliphatic hydroxyl groups is 1. The zero-order chi connectivity index (χ0) is 13.9. The Morgan fingerprint density at radius 2 is 2.05 bits per heavy atom. The van der Waals surface area contributed by atoms with Crippen LogP contribution in [0.3, 0.4) is 0 Å². The molecule has 100 valence electrons. The van der Waals surface area contributed by atoms with Crippen molar-refractivity contribution in [3.63, 3.8) is 0 Å². The highest BCUT2D eigenvalue weighted by molar-refractivity contribution is 5.94. The fourth-order valence-electron chi connectivity index (χ4n) is 1.62. The van der Waals surface area contributed by atoms with E-state index < -0.39 is 5.54 Å². The predicted molar refractivity (Wildman–Crippen MR) is 72.2 cm³/mol. The van der Waals surface area contributed by atoms with Crippen LogP contribution in [0, 0.1) is 0 Å². The molecule has 1 aromatic carbocycles. The van der Waals surface area contributed by atoms with Crippen molar-refractivity contribution in [2.75, 3.05) is 6.61 Å². The summed E-state index contributed by atoms with van der Waals surface area (Å²) >= 11 is 0. The molecule has 2 aromatic rings. The van der Waals surface area contributed by atoms with Gasteiger partial charge in [-0.2, -0.15) is 0 Å². The van der Waals surface area contributed by atoms with E-state index in [0.717, 1.165) is 5.69 Å². The number of aliphatic hydroxyl groups excluding tert-OH is 1. The predicted octanol–water partition coefficient (Wildman–Crippen LogP) is 1.37. The van der Waals surface area contributed by atoms with Gasteiger partial charge in [0.2, 0.25) is 0 Å². The Morgan fingerprint density at radius 1 is 1.37 bits per heavy atom. The number of imidazole rings is 1. The van der Waals surface area contributed by atoms with Crippen LogP contribution in [0.4, 0.5) is 0 Å². The van der Waals surface area contributed by atoms with Crippen LogP contribution < -0.4 is 5.32 Å². The van der Waals surface area contributed by atoms with E-state index in [1.807, 2.05) is 22.9 Å². The summed E-state index contributed by atoms with van der Waals surface area (Å²) in [7, 11) is 0. The van der Waals surface area contributed by atoms with Crippen LogP contribution >= 0.6 is 0 Å². The second-order valence-electron chi connectivity index (χ2n) is 5.01. The average Bonchev–Trinajstić information content (AvgIpc) is 2.92. The number of amides is 1. The lowest BCUT2D eigenvalue weighted by Crippen LogP contribution is -2.46. The lowest BCUT2D eigenvalue weighted by Gasteiger charge is -2.23. The number of hydrogen-bond donors (Lipinski definition) is 2. The largest absolute Gasteiger partial charge is 0.394 e. The first-order chi connectivity index (χ1) is 9.02. The summed E-state index contributed by atoms with van der Waals surface area (Å²) < 4.78 is 1.86. The topological polar surface area (TPSA) is 67.2 Å². The van der Waals surface area contributed by atoms with Gasteiger partial charge in [0.1, 0.15) is 0 Å². The summed E-state index contributed by atoms with van der Waals surface area (Å²) in [6.07, 6.45) is 5.23. The molecule has 5 nitrogen and oxygen atoms in total. The highest BCUT2D eigenvalue weighted by Crippen LogP contribution is 2.10. The number of carbonyl (C=O) groups excluding carboxylic acids is 1. The highest BCUT2D eigenvalue weighted by atomic mass is 16.3. The third-order valence-corrected chi connectivity index (χ3v) is 2.78. The van der Waals surface area contributed by atoms with Gasteiger partial charge in [-0.25, -0.2) is 4.98 Å². The van der Waals surface area contributed by atoms with Gasteiger partial charge in [0.25, 0.3) is 5.91 Å². The quantitative estimate of drug-likeness (QED) is 0.871. The van der Waals surface area contributed by atoms with Gasteiger partial charge in [-0.05, 0) is 38.1 Å². The van der Waals surface area contributed by atoms with Gasteiger partial charge in [0.15, 0.2) is 0 Å². The first-order valence-electron chi connectivity index (χ1n) is 6.04. The molecule has 0 fully saturated rings. The van der Waals surface area contributed by atoms with Crippen molar-refractivity contribution in [1.82, 2.24) is 14.9 Å². The number of aromatic nitrogens is 2. The molecule has 1 heterocycles. The number of hydrogen-bond acceptors (Lipinski definition) is 3.